The molecule has 2 N–H and O–H groups in total. The van der Waals surface area contributed by atoms with E-state index in [9.17, 15) is 4.79 Å². The van der Waals surface area contributed by atoms with Gasteiger partial charge in [0.05, 0.1) is 19.4 Å². The largest absolute Gasteiger partial charge is 0.489 e. The van der Waals surface area contributed by atoms with E-state index in [2.05, 4.69) is 10.5 Å². The van der Waals surface area contributed by atoms with Crippen LogP contribution in [0.1, 0.15) is 11.1 Å². The first-order valence-electron chi connectivity index (χ1n) is 8.79. The van der Waals surface area contributed by atoms with Crippen LogP contribution in [0.15, 0.2) is 59.7 Å². The summed E-state index contributed by atoms with van der Waals surface area (Å²) in [6.07, 6.45) is 1.63. The number of nitrogens with zero attached hydrogens (tertiary/aromatic N) is 1. The summed E-state index contributed by atoms with van der Waals surface area (Å²) in [5, 5.41) is 4.02. The van der Waals surface area contributed by atoms with E-state index in [0.717, 1.165) is 30.0 Å². The number of quaternary nitrogens is 1. The van der Waals surface area contributed by atoms with E-state index in [1.54, 1.807) is 6.21 Å². The first-order chi connectivity index (χ1) is 12.8. The predicted octanol–water partition coefficient (Wildman–Crippen LogP) is 0.631. The quantitative estimate of drug-likeness (QED) is 0.566. The van der Waals surface area contributed by atoms with Crippen LogP contribution in [-0.2, 0) is 16.1 Å². The summed E-state index contributed by atoms with van der Waals surface area (Å²) in [4.78, 5) is 13.1. The summed E-state index contributed by atoms with van der Waals surface area (Å²) in [5.74, 6) is 0.715. The van der Waals surface area contributed by atoms with Gasteiger partial charge >= 0.3 is 0 Å². The van der Waals surface area contributed by atoms with E-state index in [4.69, 9.17) is 9.47 Å². The van der Waals surface area contributed by atoms with Crippen molar-refractivity contribution < 1.29 is 19.2 Å². The van der Waals surface area contributed by atoms with Crippen molar-refractivity contribution in [3.63, 3.8) is 0 Å². The Kier molecular flexibility index (Phi) is 6.75. The molecule has 0 aromatic heterocycles. The van der Waals surface area contributed by atoms with E-state index in [0.29, 0.717) is 26.4 Å². The molecule has 2 aromatic rings. The Morgan fingerprint density at radius 2 is 1.85 bits per heavy atom. The molecule has 1 aliphatic heterocycles. The van der Waals surface area contributed by atoms with Gasteiger partial charge in [-0.25, -0.2) is 5.43 Å². The SMILES string of the molecule is O=C(C[NH+]1CCOCC1)N/N=C\c1ccc(OCc2ccccc2)cc1. The molecular formula is C20H24N3O3+. The summed E-state index contributed by atoms with van der Waals surface area (Å²) in [6.45, 7) is 4.11. The minimum Gasteiger partial charge on any atom is -0.489 e. The number of carbonyl (C=O) groups excluding carboxylic acids is 1. The second kappa shape index (κ2) is 9.70. The van der Waals surface area contributed by atoms with Gasteiger partial charge in [0.25, 0.3) is 5.91 Å². The van der Waals surface area contributed by atoms with Gasteiger partial charge in [-0.2, -0.15) is 5.10 Å². The molecule has 6 nitrogen and oxygen atoms in total. The van der Waals surface area contributed by atoms with Gasteiger partial charge < -0.3 is 14.4 Å². The van der Waals surface area contributed by atoms with Gasteiger partial charge in [0.15, 0.2) is 6.54 Å². The van der Waals surface area contributed by atoms with E-state index in [-0.39, 0.29) is 5.91 Å². The molecule has 26 heavy (non-hydrogen) atoms. The number of hydrogen-bond donors (Lipinski definition) is 2. The normalized spacial score (nSPS) is 15.1. The fourth-order valence-electron chi connectivity index (χ4n) is 2.67. The van der Waals surface area contributed by atoms with E-state index < -0.39 is 0 Å². The fourth-order valence-corrected chi connectivity index (χ4v) is 2.67. The molecule has 0 radical (unpaired) electrons. The number of hydrazone groups is 1. The maximum Gasteiger partial charge on any atom is 0.295 e. The lowest BCUT2D eigenvalue weighted by Gasteiger charge is -2.22. The van der Waals surface area contributed by atoms with Crippen molar-refractivity contribution in [1.29, 1.82) is 0 Å². The molecule has 1 fully saturated rings. The van der Waals surface area contributed by atoms with Crippen LogP contribution in [-0.4, -0.2) is 45.0 Å². The van der Waals surface area contributed by atoms with E-state index >= 15 is 0 Å². The van der Waals surface area contributed by atoms with Gasteiger partial charge in [-0.1, -0.05) is 30.3 Å². The number of carbonyl (C=O) groups is 1. The first kappa shape index (κ1) is 18.1. The van der Waals surface area contributed by atoms with Crippen LogP contribution in [0.5, 0.6) is 5.75 Å². The van der Waals surface area contributed by atoms with Crippen molar-refractivity contribution in [1.82, 2.24) is 5.43 Å². The van der Waals surface area contributed by atoms with Gasteiger partial charge in [-0.3, -0.25) is 4.79 Å². The first-order valence-corrected chi connectivity index (χ1v) is 8.79. The smallest absolute Gasteiger partial charge is 0.295 e. The van der Waals surface area contributed by atoms with E-state index in [1.807, 2.05) is 54.6 Å². The molecule has 0 spiro atoms. The highest BCUT2D eigenvalue weighted by Crippen LogP contribution is 2.13. The number of nitrogens with one attached hydrogen (secondary N) is 2. The number of morpholine rings is 1. The van der Waals surface area contributed by atoms with Crippen LogP contribution in [0.25, 0.3) is 0 Å². The molecule has 6 heteroatoms. The molecule has 1 heterocycles. The summed E-state index contributed by atoms with van der Waals surface area (Å²) < 4.78 is 11.0. The minimum atomic E-state index is -0.0824. The van der Waals surface area contributed by atoms with Crippen LogP contribution >= 0.6 is 0 Å². The standard InChI is InChI=1S/C20H23N3O3/c24-20(15-23-10-12-25-13-11-23)22-21-14-17-6-8-19(9-7-17)26-16-18-4-2-1-3-5-18/h1-9,14H,10-13,15-16H2,(H,22,24)/p+1/b21-14-. The van der Waals surface area contributed by atoms with Crippen LogP contribution < -0.4 is 15.1 Å². The molecule has 1 saturated heterocycles. The Morgan fingerprint density at radius 3 is 2.58 bits per heavy atom. The molecule has 3 rings (SSSR count). The van der Waals surface area contributed by atoms with Crippen LogP contribution in [0, 0.1) is 0 Å². The number of ether oxygens (including phenoxy) is 2. The van der Waals surface area contributed by atoms with Gasteiger partial charge in [0, 0.05) is 0 Å². The van der Waals surface area contributed by atoms with Crippen molar-refractivity contribution in [3.05, 3.63) is 65.7 Å². The van der Waals surface area contributed by atoms with Crippen molar-refractivity contribution in [2.45, 2.75) is 6.61 Å². The molecule has 2 aromatic carbocycles. The third-order valence-corrected chi connectivity index (χ3v) is 4.14. The van der Waals surface area contributed by atoms with Crippen LogP contribution in [0.2, 0.25) is 0 Å². The summed E-state index contributed by atoms with van der Waals surface area (Å²) >= 11 is 0. The fraction of sp³-hybridized carbons (Fsp3) is 0.300. The average molecular weight is 354 g/mol. The molecule has 0 unspecified atom stereocenters. The average Bonchev–Trinajstić information content (AvgIpc) is 2.69. The van der Waals surface area contributed by atoms with Crippen LogP contribution in [0.3, 0.4) is 0 Å². The minimum absolute atomic E-state index is 0.0824. The lowest BCUT2D eigenvalue weighted by atomic mass is 10.2. The molecule has 0 saturated carbocycles. The predicted molar refractivity (Wildman–Crippen MR) is 99.3 cm³/mol. The second-order valence-corrected chi connectivity index (χ2v) is 6.18. The van der Waals surface area contributed by atoms with Crippen molar-refractivity contribution >= 4 is 12.1 Å². The number of rotatable bonds is 7. The third kappa shape index (κ3) is 5.98. The second-order valence-electron chi connectivity index (χ2n) is 6.18. The highest BCUT2D eigenvalue weighted by atomic mass is 16.5. The van der Waals surface area contributed by atoms with Crippen molar-refractivity contribution in [3.8, 4) is 5.75 Å². The Labute approximate surface area is 153 Å². The van der Waals surface area contributed by atoms with Crippen molar-refractivity contribution in [2.75, 3.05) is 32.8 Å². The summed E-state index contributed by atoms with van der Waals surface area (Å²) in [6, 6.07) is 17.6. The zero-order valence-corrected chi connectivity index (χ0v) is 14.7. The van der Waals surface area contributed by atoms with Gasteiger partial charge in [0.1, 0.15) is 25.4 Å². The Bertz CT molecular complexity index is 711. The molecule has 1 aliphatic rings. The molecule has 0 bridgehead atoms. The highest BCUT2D eigenvalue weighted by Gasteiger charge is 2.16. The summed E-state index contributed by atoms with van der Waals surface area (Å²) in [5.41, 5.74) is 4.60. The zero-order chi connectivity index (χ0) is 18.0. The van der Waals surface area contributed by atoms with Gasteiger partial charge in [-0.05, 0) is 35.4 Å². The monoisotopic (exact) mass is 354 g/mol. The highest BCUT2D eigenvalue weighted by molar-refractivity contribution is 5.82. The topological polar surface area (TPSA) is 64.4 Å². The number of benzene rings is 2. The van der Waals surface area contributed by atoms with E-state index in [1.165, 1.54) is 4.90 Å². The Hall–Kier alpha value is -2.70. The summed E-state index contributed by atoms with van der Waals surface area (Å²) in [7, 11) is 0. The van der Waals surface area contributed by atoms with Gasteiger partial charge in [0.2, 0.25) is 0 Å². The Balaban J connectivity index is 1.41. The van der Waals surface area contributed by atoms with Gasteiger partial charge in [-0.15, -0.1) is 0 Å². The lowest BCUT2D eigenvalue weighted by Crippen LogP contribution is -3.15. The Morgan fingerprint density at radius 1 is 1.12 bits per heavy atom. The zero-order valence-electron chi connectivity index (χ0n) is 14.7. The maximum absolute atomic E-state index is 11.9. The maximum atomic E-state index is 11.9. The molecule has 0 aliphatic carbocycles. The van der Waals surface area contributed by atoms with Crippen molar-refractivity contribution in [2.24, 2.45) is 5.10 Å². The molecular weight excluding hydrogens is 330 g/mol. The third-order valence-electron chi connectivity index (χ3n) is 4.14. The number of hydrogen-bond acceptors (Lipinski definition) is 4. The lowest BCUT2D eigenvalue weighted by molar-refractivity contribution is -0.900. The van der Waals surface area contributed by atoms with Crippen LogP contribution in [0.4, 0.5) is 0 Å². The molecule has 136 valence electrons. The molecule has 1 amide bonds. The molecule has 0 atom stereocenters. The number of amides is 1.